The van der Waals surface area contributed by atoms with E-state index in [0.717, 1.165) is 27.1 Å². The van der Waals surface area contributed by atoms with Gasteiger partial charge in [0, 0.05) is 10.0 Å². The molecule has 0 atom stereocenters. The minimum atomic E-state index is -0.116. The fourth-order valence-electron chi connectivity index (χ4n) is 3.52. The molecule has 0 saturated carbocycles. The van der Waals surface area contributed by atoms with Crippen LogP contribution in [0, 0.1) is 0 Å². The van der Waals surface area contributed by atoms with Crippen molar-refractivity contribution in [1.82, 2.24) is 0 Å². The third-order valence-electron chi connectivity index (χ3n) is 4.95. The first-order chi connectivity index (χ1) is 14.1. The fraction of sp³-hybridized carbons (Fsp3) is 0.0800. The number of ether oxygens (including phenoxy) is 2. The van der Waals surface area contributed by atoms with Crippen molar-refractivity contribution in [2.45, 2.75) is 0 Å². The maximum Gasteiger partial charge on any atom is 0.187 e. The average Bonchev–Trinajstić information content (AvgIpc) is 2.76. The van der Waals surface area contributed by atoms with Gasteiger partial charge in [0.1, 0.15) is 0 Å². The van der Waals surface area contributed by atoms with Crippen molar-refractivity contribution in [2.24, 2.45) is 0 Å². The van der Waals surface area contributed by atoms with Gasteiger partial charge in [-0.2, -0.15) is 0 Å². The molecule has 0 spiro atoms. The second-order valence-corrected chi connectivity index (χ2v) is 7.47. The van der Waals surface area contributed by atoms with Crippen molar-refractivity contribution in [2.75, 3.05) is 14.2 Å². The van der Waals surface area contributed by atoms with Crippen LogP contribution in [0.4, 0.5) is 0 Å². The van der Waals surface area contributed by atoms with Crippen LogP contribution in [-0.4, -0.2) is 20.0 Å². The van der Waals surface area contributed by atoms with Gasteiger partial charge in [-0.3, -0.25) is 4.79 Å². The average molecular weight is 447 g/mol. The lowest BCUT2D eigenvalue weighted by Crippen LogP contribution is -1.99. The van der Waals surface area contributed by atoms with Crippen LogP contribution in [-0.2, 0) is 0 Å². The molecule has 4 aromatic carbocycles. The van der Waals surface area contributed by atoms with Gasteiger partial charge < -0.3 is 9.47 Å². The van der Waals surface area contributed by atoms with Crippen LogP contribution in [0.25, 0.3) is 27.6 Å². The monoisotopic (exact) mass is 446 g/mol. The fourth-order valence-corrected chi connectivity index (χ4v) is 4.04. The van der Waals surface area contributed by atoms with Crippen LogP contribution in [0.3, 0.4) is 0 Å². The summed E-state index contributed by atoms with van der Waals surface area (Å²) < 4.78 is 11.3. The van der Waals surface area contributed by atoms with E-state index in [0.29, 0.717) is 21.5 Å². The van der Waals surface area contributed by atoms with E-state index >= 15 is 0 Å². The van der Waals surface area contributed by atoms with E-state index in [-0.39, 0.29) is 5.78 Å². The van der Waals surface area contributed by atoms with E-state index in [1.807, 2.05) is 30.3 Å². The zero-order valence-electron chi connectivity index (χ0n) is 16.1. The first kappa shape index (κ1) is 19.2. The highest BCUT2D eigenvalue weighted by molar-refractivity contribution is 9.10. The standard InChI is InChI=1S/C25H19BrO3/c1-28-24-14-21(22(26)15-25(24)29-2)23(27)12-11-20-18-9-5-3-7-16(18)13-17-8-4-6-10-19(17)20/h3-15H,1-2H3. The maximum absolute atomic E-state index is 13.0. The molecule has 0 bridgehead atoms. The van der Waals surface area contributed by atoms with Crippen LogP contribution in [0.15, 0.2) is 77.3 Å². The highest BCUT2D eigenvalue weighted by Gasteiger charge is 2.14. The summed E-state index contributed by atoms with van der Waals surface area (Å²) in [7, 11) is 3.12. The van der Waals surface area contributed by atoms with E-state index in [4.69, 9.17) is 9.47 Å². The van der Waals surface area contributed by atoms with Crippen LogP contribution >= 0.6 is 15.9 Å². The predicted octanol–water partition coefficient (Wildman–Crippen LogP) is 6.67. The molecule has 3 nitrogen and oxygen atoms in total. The Bertz CT molecular complexity index is 1200. The predicted molar refractivity (Wildman–Crippen MR) is 122 cm³/mol. The second-order valence-electron chi connectivity index (χ2n) is 6.62. The number of ketones is 1. The number of carbonyl (C=O) groups excluding carboxylic acids is 1. The number of allylic oxidation sites excluding steroid dienone is 1. The van der Waals surface area contributed by atoms with Crippen molar-refractivity contribution in [3.63, 3.8) is 0 Å². The van der Waals surface area contributed by atoms with Gasteiger partial charge in [0.15, 0.2) is 17.3 Å². The third-order valence-corrected chi connectivity index (χ3v) is 5.61. The molecule has 0 saturated heterocycles. The summed E-state index contributed by atoms with van der Waals surface area (Å²) in [5, 5.41) is 4.51. The summed E-state index contributed by atoms with van der Waals surface area (Å²) in [6.45, 7) is 0. The smallest absolute Gasteiger partial charge is 0.187 e. The Balaban J connectivity index is 1.82. The lowest BCUT2D eigenvalue weighted by molar-refractivity contribution is 0.104. The molecule has 0 unspecified atom stereocenters. The zero-order chi connectivity index (χ0) is 20.4. The number of benzene rings is 4. The molecule has 29 heavy (non-hydrogen) atoms. The Morgan fingerprint density at radius 3 is 1.97 bits per heavy atom. The Hall–Kier alpha value is -3.11. The number of methoxy groups -OCH3 is 2. The van der Waals surface area contributed by atoms with Crippen LogP contribution in [0.5, 0.6) is 11.5 Å². The van der Waals surface area contributed by atoms with Gasteiger partial charge in [0.2, 0.25) is 0 Å². The summed E-state index contributed by atoms with van der Waals surface area (Å²) in [5.41, 5.74) is 1.55. The van der Waals surface area contributed by atoms with E-state index in [2.05, 4.69) is 46.3 Å². The molecule has 0 fully saturated rings. The quantitative estimate of drug-likeness (QED) is 0.195. The van der Waals surface area contributed by atoms with Crippen molar-refractivity contribution in [3.05, 3.63) is 88.4 Å². The molecule has 0 aliphatic rings. The highest BCUT2D eigenvalue weighted by Crippen LogP contribution is 2.34. The Kier molecular flexibility index (Phi) is 5.36. The van der Waals surface area contributed by atoms with Crippen molar-refractivity contribution >= 4 is 49.3 Å². The molecule has 144 valence electrons. The largest absolute Gasteiger partial charge is 0.493 e. The molecule has 0 aliphatic carbocycles. The van der Waals surface area contributed by atoms with Crippen LogP contribution in [0.1, 0.15) is 15.9 Å². The molecule has 0 N–H and O–H groups in total. The molecular formula is C25H19BrO3. The summed E-state index contributed by atoms with van der Waals surface area (Å²) in [5.74, 6) is 0.970. The number of rotatable bonds is 5. The minimum absolute atomic E-state index is 0.116. The lowest BCUT2D eigenvalue weighted by Gasteiger charge is -2.11. The topological polar surface area (TPSA) is 35.5 Å². The first-order valence-corrected chi connectivity index (χ1v) is 9.96. The van der Waals surface area contributed by atoms with Crippen LogP contribution < -0.4 is 9.47 Å². The van der Waals surface area contributed by atoms with E-state index < -0.39 is 0 Å². The van der Waals surface area contributed by atoms with Crippen molar-refractivity contribution in [3.8, 4) is 11.5 Å². The molecule has 0 radical (unpaired) electrons. The summed E-state index contributed by atoms with van der Waals surface area (Å²) in [6, 6.07) is 22.0. The van der Waals surface area contributed by atoms with Gasteiger partial charge in [0.25, 0.3) is 0 Å². The van der Waals surface area contributed by atoms with E-state index in [1.165, 1.54) is 0 Å². The Morgan fingerprint density at radius 2 is 1.38 bits per heavy atom. The number of halogens is 1. The van der Waals surface area contributed by atoms with Gasteiger partial charge in [0.05, 0.1) is 14.2 Å². The van der Waals surface area contributed by atoms with Crippen molar-refractivity contribution in [1.29, 1.82) is 0 Å². The van der Waals surface area contributed by atoms with E-state index in [1.54, 1.807) is 32.4 Å². The molecular weight excluding hydrogens is 428 g/mol. The molecule has 0 aromatic heterocycles. The molecule has 4 rings (SSSR count). The molecule has 4 aromatic rings. The van der Waals surface area contributed by atoms with Crippen LogP contribution in [0.2, 0.25) is 0 Å². The number of carbonyl (C=O) groups is 1. The van der Waals surface area contributed by atoms with Gasteiger partial charge in [-0.25, -0.2) is 0 Å². The first-order valence-electron chi connectivity index (χ1n) is 9.17. The summed E-state index contributed by atoms with van der Waals surface area (Å²) >= 11 is 3.47. The number of hydrogen-bond acceptors (Lipinski definition) is 3. The Morgan fingerprint density at radius 1 is 0.828 bits per heavy atom. The molecule has 4 heteroatoms. The lowest BCUT2D eigenvalue weighted by atomic mass is 9.96. The van der Waals surface area contributed by atoms with Gasteiger partial charge in [-0.15, -0.1) is 0 Å². The van der Waals surface area contributed by atoms with Gasteiger partial charge in [-0.1, -0.05) is 48.5 Å². The SMILES string of the molecule is COc1cc(Br)c(C(=O)C=Cc2c3ccccc3cc3ccccc23)cc1OC. The third kappa shape index (κ3) is 3.64. The maximum atomic E-state index is 13.0. The van der Waals surface area contributed by atoms with Gasteiger partial charge in [-0.05, 0) is 73.4 Å². The zero-order valence-corrected chi connectivity index (χ0v) is 17.7. The minimum Gasteiger partial charge on any atom is -0.493 e. The van der Waals surface area contributed by atoms with Gasteiger partial charge >= 0.3 is 0 Å². The summed E-state index contributed by atoms with van der Waals surface area (Å²) in [4.78, 5) is 13.0. The molecule has 0 amide bonds. The highest BCUT2D eigenvalue weighted by atomic mass is 79.9. The second kappa shape index (κ2) is 8.10. The van der Waals surface area contributed by atoms with E-state index in [9.17, 15) is 4.79 Å². The normalized spacial score (nSPS) is 11.3. The molecule has 0 aliphatic heterocycles. The van der Waals surface area contributed by atoms with Crippen molar-refractivity contribution < 1.29 is 14.3 Å². The molecule has 0 heterocycles. The number of fused-ring (bicyclic) bond motifs is 2. The Labute approximate surface area is 177 Å². The summed E-state index contributed by atoms with van der Waals surface area (Å²) in [6.07, 6.45) is 3.51. The number of hydrogen-bond donors (Lipinski definition) is 0.